The lowest BCUT2D eigenvalue weighted by Gasteiger charge is -2.04. The molecule has 0 atom stereocenters. The van der Waals surface area contributed by atoms with Crippen molar-refractivity contribution in [3.05, 3.63) is 46.5 Å². The standard InChI is InChI=1S/C10H7ClN2OS/c11-7-2-1-3-8(4-7)14-9-5-12-10(15)13-6-9/h1-6H,(H,12,13,15). The normalized spacial score (nSPS) is 9.93. The highest BCUT2D eigenvalue weighted by molar-refractivity contribution is 7.71. The monoisotopic (exact) mass is 238 g/mol. The first-order valence-electron chi connectivity index (χ1n) is 4.22. The molecule has 0 fully saturated rings. The van der Waals surface area contributed by atoms with Crippen LogP contribution in [0.3, 0.4) is 0 Å². The molecule has 0 aliphatic heterocycles. The van der Waals surface area contributed by atoms with E-state index >= 15 is 0 Å². The Labute approximate surface area is 96.7 Å². The van der Waals surface area contributed by atoms with Crippen molar-refractivity contribution in [2.24, 2.45) is 0 Å². The number of nitrogens with zero attached hydrogens (tertiary/aromatic N) is 1. The molecular formula is C10H7ClN2OS. The van der Waals surface area contributed by atoms with Crippen LogP contribution in [0.5, 0.6) is 11.5 Å². The minimum Gasteiger partial charge on any atom is -0.454 e. The van der Waals surface area contributed by atoms with E-state index in [1.807, 2.05) is 12.1 Å². The number of benzene rings is 1. The lowest BCUT2D eigenvalue weighted by molar-refractivity contribution is 0.477. The lowest BCUT2D eigenvalue weighted by atomic mass is 10.3. The van der Waals surface area contributed by atoms with E-state index in [1.54, 1.807) is 24.5 Å². The lowest BCUT2D eigenvalue weighted by Crippen LogP contribution is -1.87. The smallest absolute Gasteiger partial charge is 0.196 e. The molecule has 0 aliphatic carbocycles. The van der Waals surface area contributed by atoms with Gasteiger partial charge < -0.3 is 9.72 Å². The number of H-pyrrole nitrogens is 1. The van der Waals surface area contributed by atoms with E-state index in [0.29, 0.717) is 21.3 Å². The van der Waals surface area contributed by atoms with Gasteiger partial charge in [0.05, 0.1) is 6.20 Å². The van der Waals surface area contributed by atoms with Gasteiger partial charge in [0.1, 0.15) is 5.75 Å². The molecule has 0 unspecified atom stereocenters. The number of nitrogens with one attached hydrogen (secondary N) is 1. The van der Waals surface area contributed by atoms with Crippen LogP contribution < -0.4 is 4.74 Å². The molecule has 2 aromatic rings. The molecule has 0 bridgehead atoms. The highest BCUT2D eigenvalue weighted by Gasteiger charge is 1.97. The van der Waals surface area contributed by atoms with Gasteiger partial charge in [0, 0.05) is 11.2 Å². The second-order valence-corrected chi connectivity index (χ2v) is 3.64. The molecule has 0 saturated heterocycles. The summed E-state index contributed by atoms with van der Waals surface area (Å²) in [6, 6.07) is 7.14. The summed E-state index contributed by atoms with van der Waals surface area (Å²) in [5, 5.41) is 0.629. The largest absolute Gasteiger partial charge is 0.454 e. The van der Waals surface area contributed by atoms with Gasteiger partial charge in [0.15, 0.2) is 10.5 Å². The molecule has 15 heavy (non-hydrogen) atoms. The van der Waals surface area contributed by atoms with Crippen molar-refractivity contribution in [1.82, 2.24) is 9.97 Å². The van der Waals surface area contributed by atoms with Crippen molar-refractivity contribution < 1.29 is 4.74 Å². The molecule has 3 nitrogen and oxygen atoms in total. The summed E-state index contributed by atoms with van der Waals surface area (Å²) in [7, 11) is 0. The van der Waals surface area contributed by atoms with E-state index in [2.05, 4.69) is 9.97 Å². The van der Waals surface area contributed by atoms with Gasteiger partial charge in [-0.25, -0.2) is 4.98 Å². The molecule has 1 heterocycles. The van der Waals surface area contributed by atoms with Crippen LogP contribution in [0.25, 0.3) is 0 Å². The van der Waals surface area contributed by atoms with E-state index in [-0.39, 0.29) is 0 Å². The first-order chi connectivity index (χ1) is 7.24. The van der Waals surface area contributed by atoms with Crippen LogP contribution in [0.4, 0.5) is 0 Å². The van der Waals surface area contributed by atoms with Crippen LogP contribution in [0.15, 0.2) is 36.7 Å². The average molecular weight is 239 g/mol. The average Bonchev–Trinajstić information content (AvgIpc) is 2.22. The summed E-state index contributed by atoms with van der Waals surface area (Å²) in [4.78, 5) is 6.68. The highest BCUT2D eigenvalue weighted by atomic mass is 35.5. The van der Waals surface area contributed by atoms with Crippen LogP contribution in [0, 0.1) is 4.77 Å². The third kappa shape index (κ3) is 2.78. The molecule has 5 heteroatoms. The summed E-state index contributed by atoms with van der Waals surface area (Å²) in [5.74, 6) is 1.25. The predicted molar refractivity (Wildman–Crippen MR) is 60.9 cm³/mol. The summed E-state index contributed by atoms with van der Waals surface area (Å²) < 4.78 is 5.91. The van der Waals surface area contributed by atoms with Gasteiger partial charge in [-0.05, 0) is 30.4 Å². The van der Waals surface area contributed by atoms with Crippen LogP contribution >= 0.6 is 23.8 Å². The van der Waals surface area contributed by atoms with Crippen molar-refractivity contribution in [3.63, 3.8) is 0 Å². The van der Waals surface area contributed by atoms with Gasteiger partial charge in [-0.3, -0.25) is 0 Å². The van der Waals surface area contributed by atoms with E-state index < -0.39 is 0 Å². The molecule has 2 rings (SSSR count). The SMILES string of the molecule is S=c1ncc(Oc2cccc(Cl)c2)c[nH]1. The zero-order valence-corrected chi connectivity index (χ0v) is 9.18. The number of rotatable bonds is 2. The first-order valence-corrected chi connectivity index (χ1v) is 5.01. The van der Waals surface area contributed by atoms with Crippen molar-refractivity contribution in [3.8, 4) is 11.5 Å². The molecule has 1 aromatic heterocycles. The van der Waals surface area contributed by atoms with Crippen LogP contribution in [0.2, 0.25) is 5.02 Å². The second-order valence-electron chi connectivity index (χ2n) is 2.81. The van der Waals surface area contributed by atoms with Crippen molar-refractivity contribution in [2.45, 2.75) is 0 Å². The first kappa shape index (κ1) is 10.1. The van der Waals surface area contributed by atoms with Gasteiger partial charge in [0.2, 0.25) is 0 Å². The van der Waals surface area contributed by atoms with E-state index in [1.165, 1.54) is 0 Å². The van der Waals surface area contributed by atoms with E-state index in [9.17, 15) is 0 Å². The molecule has 1 N–H and O–H groups in total. The van der Waals surface area contributed by atoms with Gasteiger partial charge in [0.25, 0.3) is 0 Å². The zero-order chi connectivity index (χ0) is 10.7. The Balaban J connectivity index is 2.22. The number of hydrogen-bond donors (Lipinski definition) is 1. The summed E-state index contributed by atoms with van der Waals surface area (Å²) in [6.07, 6.45) is 3.20. The Hall–Kier alpha value is -1.39. The molecular weight excluding hydrogens is 232 g/mol. The van der Waals surface area contributed by atoms with Crippen molar-refractivity contribution >= 4 is 23.8 Å². The van der Waals surface area contributed by atoms with Gasteiger partial charge in [-0.1, -0.05) is 17.7 Å². The molecule has 76 valence electrons. The Morgan fingerprint density at radius 3 is 2.87 bits per heavy atom. The predicted octanol–water partition coefficient (Wildman–Crippen LogP) is 3.58. The fourth-order valence-electron chi connectivity index (χ4n) is 1.05. The van der Waals surface area contributed by atoms with Crippen LogP contribution in [0.1, 0.15) is 0 Å². The maximum atomic E-state index is 5.82. The number of aromatic amines is 1. The molecule has 0 aliphatic rings. The third-order valence-corrected chi connectivity index (χ3v) is 2.14. The quantitative estimate of drug-likeness (QED) is 0.813. The third-order valence-electron chi connectivity index (χ3n) is 1.68. The molecule has 0 amide bonds. The number of hydrogen-bond acceptors (Lipinski definition) is 3. The number of aromatic nitrogens is 2. The van der Waals surface area contributed by atoms with Gasteiger partial charge >= 0.3 is 0 Å². The second kappa shape index (κ2) is 4.42. The molecule has 1 aromatic carbocycles. The minimum absolute atomic E-state index is 0.424. The fraction of sp³-hybridized carbons (Fsp3) is 0. The summed E-state index contributed by atoms with van der Waals surface area (Å²) in [5.41, 5.74) is 0. The molecule has 0 saturated carbocycles. The van der Waals surface area contributed by atoms with Crippen LogP contribution in [-0.2, 0) is 0 Å². The Morgan fingerprint density at radius 1 is 1.33 bits per heavy atom. The van der Waals surface area contributed by atoms with E-state index in [4.69, 9.17) is 28.6 Å². The molecule has 0 spiro atoms. The van der Waals surface area contributed by atoms with Crippen LogP contribution in [-0.4, -0.2) is 9.97 Å². The Bertz CT molecular complexity index is 506. The Morgan fingerprint density at radius 2 is 2.20 bits per heavy atom. The number of ether oxygens (including phenoxy) is 1. The topological polar surface area (TPSA) is 37.9 Å². The van der Waals surface area contributed by atoms with Crippen molar-refractivity contribution in [2.75, 3.05) is 0 Å². The fourth-order valence-corrected chi connectivity index (χ4v) is 1.34. The van der Waals surface area contributed by atoms with Gasteiger partial charge in [-0.15, -0.1) is 0 Å². The summed E-state index contributed by atoms with van der Waals surface area (Å²) in [6.45, 7) is 0. The highest BCUT2D eigenvalue weighted by Crippen LogP contribution is 2.22. The maximum Gasteiger partial charge on any atom is 0.196 e. The number of halogens is 1. The minimum atomic E-state index is 0.424. The summed E-state index contributed by atoms with van der Waals surface area (Å²) >= 11 is 10.6. The van der Waals surface area contributed by atoms with E-state index in [0.717, 1.165) is 0 Å². The Kier molecular flexibility index (Phi) is 2.99. The molecule has 0 radical (unpaired) electrons. The maximum absolute atomic E-state index is 5.82. The van der Waals surface area contributed by atoms with Gasteiger partial charge in [-0.2, -0.15) is 0 Å². The zero-order valence-electron chi connectivity index (χ0n) is 7.61. The van der Waals surface area contributed by atoms with Crippen molar-refractivity contribution in [1.29, 1.82) is 0 Å².